The fourth-order valence-electron chi connectivity index (χ4n) is 3.76. The van der Waals surface area contributed by atoms with Crippen LogP contribution >= 0.6 is 0 Å². The predicted molar refractivity (Wildman–Crippen MR) is 95.2 cm³/mol. The summed E-state index contributed by atoms with van der Waals surface area (Å²) in [6.07, 6.45) is 7.19. The molecular weight excluding hydrogens is 306 g/mol. The molecule has 0 heterocycles. The topological polar surface area (TPSA) is 9.72 Å². The van der Waals surface area contributed by atoms with E-state index in [0.717, 1.165) is 26.1 Å². The standard InChI is InChI=1S/C9H13.3C3H8N.Ti/c1-3-8(2)9-6-4-5-7-9;3*1-3-4-2;/h4,6,8H,3,5H2,1-2H3;3*3H2,1-2H3;/q;3*-1;+3. The Labute approximate surface area is 143 Å². The molecular formula is C18H37N3Ti. The van der Waals surface area contributed by atoms with Crippen LogP contribution in [0.5, 0.6) is 0 Å². The number of hydrogen-bond acceptors (Lipinski definition) is 3. The van der Waals surface area contributed by atoms with Crippen molar-refractivity contribution in [1.82, 2.24) is 10.1 Å². The molecule has 0 spiro atoms. The SMILES string of the molecule is CCC(C)C1=[C]([Ti]([N](C)CC)([N](C)CC)[N](C)CC)CC=C1. The summed E-state index contributed by atoms with van der Waals surface area (Å²) < 4.78 is 9.83. The molecule has 0 radical (unpaired) electrons. The van der Waals surface area contributed by atoms with Crippen LogP contribution in [-0.2, 0) is 17.4 Å². The summed E-state index contributed by atoms with van der Waals surface area (Å²) in [7, 11) is 7.04. The molecule has 0 aromatic rings. The molecule has 0 aliphatic heterocycles. The minimum absolute atomic E-state index is 0.666. The van der Waals surface area contributed by atoms with Crippen molar-refractivity contribution in [3.63, 3.8) is 0 Å². The van der Waals surface area contributed by atoms with Gasteiger partial charge in [-0.05, 0) is 0 Å². The molecule has 0 fully saturated rings. The molecule has 1 aliphatic carbocycles. The van der Waals surface area contributed by atoms with E-state index in [-0.39, 0.29) is 0 Å². The van der Waals surface area contributed by atoms with Gasteiger partial charge in [-0.25, -0.2) is 0 Å². The van der Waals surface area contributed by atoms with E-state index in [1.165, 1.54) is 6.42 Å². The van der Waals surface area contributed by atoms with Gasteiger partial charge in [0.1, 0.15) is 0 Å². The summed E-state index contributed by atoms with van der Waals surface area (Å²) in [5, 5.41) is 0. The van der Waals surface area contributed by atoms with Crippen molar-refractivity contribution in [2.75, 3.05) is 40.8 Å². The van der Waals surface area contributed by atoms with Crippen molar-refractivity contribution in [3.8, 4) is 0 Å². The number of rotatable bonds is 9. The zero-order valence-electron chi connectivity index (χ0n) is 16.1. The Morgan fingerprint density at radius 3 is 1.77 bits per heavy atom. The van der Waals surface area contributed by atoms with Gasteiger partial charge in [-0.15, -0.1) is 0 Å². The second-order valence-electron chi connectivity index (χ2n) is 6.53. The third-order valence-electron chi connectivity index (χ3n) is 5.54. The summed E-state index contributed by atoms with van der Waals surface area (Å²) in [4.78, 5) is 0. The predicted octanol–water partition coefficient (Wildman–Crippen LogP) is 4.00. The quantitative estimate of drug-likeness (QED) is 0.586. The Morgan fingerprint density at radius 1 is 0.955 bits per heavy atom. The molecule has 0 bridgehead atoms. The minimum atomic E-state index is -2.65. The first-order valence-corrected chi connectivity index (χ1v) is 11.8. The second-order valence-corrected chi connectivity index (χ2v) is 13.0. The van der Waals surface area contributed by atoms with Crippen molar-refractivity contribution in [1.29, 1.82) is 0 Å². The van der Waals surface area contributed by atoms with Gasteiger partial charge >= 0.3 is 143 Å². The average molecular weight is 343 g/mol. The van der Waals surface area contributed by atoms with Gasteiger partial charge in [-0.3, -0.25) is 0 Å². The van der Waals surface area contributed by atoms with Crippen molar-refractivity contribution < 1.29 is 17.4 Å². The second kappa shape index (κ2) is 8.79. The van der Waals surface area contributed by atoms with E-state index < -0.39 is 17.4 Å². The molecule has 4 heteroatoms. The molecule has 1 atom stereocenters. The van der Waals surface area contributed by atoms with Gasteiger partial charge in [0.25, 0.3) is 0 Å². The van der Waals surface area contributed by atoms with Crippen LogP contribution < -0.4 is 0 Å². The fraction of sp³-hybridized carbons (Fsp3) is 0.778. The van der Waals surface area contributed by atoms with Gasteiger partial charge in [0.15, 0.2) is 0 Å². The van der Waals surface area contributed by atoms with E-state index in [9.17, 15) is 0 Å². The van der Waals surface area contributed by atoms with Crippen LogP contribution in [0.3, 0.4) is 0 Å². The zero-order chi connectivity index (χ0) is 16.9. The molecule has 22 heavy (non-hydrogen) atoms. The molecule has 0 N–H and O–H groups in total. The van der Waals surface area contributed by atoms with E-state index in [1.807, 2.05) is 0 Å². The molecule has 128 valence electrons. The van der Waals surface area contributed by atoms with E-state index in [1.54, 1.807) is 9.45 Å². The normalized spacial score (nSPS) is 17.4. The third kappa shape index (κ3) is 3.44. The van der Waals surface area contributed by atoms with E-state index in [0.29, 0.717) is 5.92 Å². The van der Waals surface area contributed by atoms with Gasteiger partial charge in [0, 0.05) is 0 Å². The molecule has 1 unspecified atom stereocenters. The molecule has 0 aromatic carbocycles. The number of nitrogens with zero attached hydrogens (tertiary/aromatic N) is 3. The van der Waals surface area contributed by atoms with Crippen LogP contribution in [0.4, 0.5) is 0 Å². The van der Waals surface area contributed by atoms with Crippen molar-refractivity contribution in [2.45, 2.75) is 47.5 Å². The van der Waals surface area contributed by atoms with Gasteiger partial charge in [0.2, 0.25) is 0 Å². The first kappa shape index (κ1) is 20.1. The van der Waals surface area contributed by atoms with Crippen LogP contribution in [0.15, 0.2) is 21.6 Å². The zero-order valence-corrected chi connectivity index (χ0v) is 17.7. The average Bonchev–Trinajstić information content (AvgIpc) is 3.03. The Morgan fingerprint density at radius 2 is 1.41 bits per heavy atom. The molecule has 3 nitrogen and oxygen atoms in total. The van der Waals surface area contributed by atoms with Crippen molar-refractivity contribution in [3.05, 3.63) is 21.6 Å². The summed E-state index contributed by atoms with van der Waals surface area (Å²) in [5.74, 6) is 0.666. The summed E-state index contributed by atoms with van der Waals surface area (Å²) >= 11 is -2.65. The third-order valence-corrected chi connectivity index (χ3v) is 14.0. The van der Waals surface area contributed by atoms with Crippen LogP contribution in [0, 0.1) is 5.92 Å². The van der Waals surface area contributed by atoms with Crippen molar-refractivity contribution >= 4 is 0 Å². The van der Waals surface area contributed by atoms with E-state index >= 15 is 0 Å². The van der Waals surface area contributed by atoms with Crippen LogP contribution in [-0.4, -0.2) is 50.9 Å². The monoisotopic (exact) mass is 343 g/mol. The van der Waals surface area contributed by atoms with Gasteiger partial charge in [0.05, 0.1) is 0 Å². The maximum atomic E-state index is 2.69. The first-order chi connectivity index (χ1) is 10.4. The molecule has 1 rings (SSSR count). The Kier molecular flexibility index (Phi) is 8.04. The fourth-order valence-corrected chi connectivity index (χ4v) is 12.4. The molecule has 1 aliphatic rings. The summed E-state index contributed by atoms with van der Waals surface area (Å²) in [5.41, 5.74) is 1.63. The number of allylic oxidation sites excluding steroid dienone is 4. The van der Waals surface area contributed by atoms with Crippen LogP contribution in [0.25, 0.3) is 0 Å². The first-order valence-electron chi connectivity index (χ1n) is 8.95. The van der Waals surface area contributed by atoms with E-state index in [4.69, 9.17) is 0 Å². The van der Waals surface area contributed by atoms with Crippen molar-refractivity contribution in [2.24, 2.45) is 5.92 Å². The van der Waals surface area contributed by atoms with Crippen LogP contribution in [0.1, 0.15) is 47.5 Å². The summed E-state index contributed by atoms with van der Waals surface area (Å²) in [6.45, 7) is 15.0. The maximum absolute atomic E-state index is 2.69. The van der Waals surface area contributed by atoms with Gasteiger partial charge in [-0.2, -0.15) is 0 Å². The molecule has 0 amide bonds. The van der Waals surface area contributed by atoms with Gasteiger partial charge in [-0.1, -0.05) is 0 Å². The summed E-state index contributed by atoms with van der Waals surface area (Å²) in [6, 6.07) is 0. The van der Waals surface area contributed by atoms with Crippen LogP contribution in [0.2, 0.25) is 0 Å². The molecule has 0 saturated heterocycles. The Bertz CT molecular complexity index is 390. The Balaban J connectivity index is 3.54. The number of hydrogen-bond donors (Lipinski definition) is 0. The molecule has 0 aromatic heterocycles. The van der Waals surface area contributed by atoms with Gasteiger partial charge < -0.3 is 0 Å². The Hall–Kier alpha value is 0.0743. The van der Waals surface area contributed by atoms with E-state index in [2.05, 4.69) is 78.1 Å². The molecule has 0 saturated carbocycles.